The highest BCUT2D eigenvalue weighted by atomic mass is 79.9. The van der Waals surface area contributed by atoms with E-state index in [-0.39, 0.29) is 36.8 Å². The van der Waals surface area contributed by atoms with Crippen LogP contribution >= 0.6 is 40.7 Å². The Morgan fingerprint density at radius 2 is 2.09 bits per heavy atom. The molecule has 5 nitrogen and oxygen atoms in total. The molecule has 1 amide bonds. The summed E-state index contributed by atoms with van der Waals surface area (Å²) in [5, 5.41) is 3.33. The van der Waals surface area contributed by atoms with Crippen LogP contribution in [0.15, 0.2) is 47.3 Å². The van der Waals surface area contributed by atoms with Crippen LogP contribution in [0, 0.1) is 0 Å². The first-order valence-corrected chi connectivity index (χ1v) is 7.58. The maximum Gasteiger partial charge on any atom is 0.273 e. The Balaban J connectivity index is 0.00000132. The van der Waals surface area contributed by atoms with Crippen LogP contribution in [0.4, 0.5) is 0 Å². The number of carbonyl (C=O) groups excluding carboxylic acids is 1. The van der Waals surface area contributed by atoms with Gasteiger partial charge in [0.1, 0.15) is 5.69 Å². The first-order valence-electron chi connectivity index (χ1n) is 6.79. The highest BCUT2D eigenvalue weighted by Gasteiger charge is 2.29. The van der Waals surface area contributed by atoms with Crippen LogP contribution in [0.2, 0.25) is 0 Å². The molecular formula is C15H17BrCl2N4O. The fourth-order valence-electron chi connectivity index (χ4n) is 2.47. The van der Waals surface area contributed by atoms with Crippen molar-refractivity contribution in [2.45, 2.75) is 6.04 Å². The van der Waals surface area contributed by atoms with Gasteiger partial charge < -0.3 is 10.2 Å². The summed E-state index contributed by atoms with van der Waals surface area (Å²) < 4.78 is 0.864. The van der Waals surface area contributed by atoms with E-state index in [1.807, 2.05) is 29.3 Å². The second-order valence-corrected chi connectivity index (χ2v) is 5.78. The van der Waals surface area contributed by atoms with E-state index >= 15 is 0 Å². The van der Waals surface area contributed by atoms with Crippen molar-refractivity contribution in [1.82, 2.24) is 20.2 Å². The third-order valence-corrected chi connectivity index (χ3v) is 3.99. The van der Waals surface area contributed by atoms with Crippen molar-refractivity contribution < 1.29 is 4.79 Å². The first kappa shape index (κ1) is 19.8. The second kappa shape index (κ2) is 9.17. The molecule has 0 aromatic carbocycles. The summed E-state index contributed by atoms with van der Waals surface area (Å²) in [6.45, 7) is 2.18. The third-order valence-electron chi connectivity index (χ3n) is 3.52. The van der Waals surface area contributed by atoms with E-state index in [4.69, 9.17) is 0 Å². The van der Waals surface area contributed by atoms with Gasteiger partial charge in [-0.2, -0.15) is 0 Å². The van der Waals surface area contributed by atoms with E-state index in [1.165, 1.54) is 0 Å². The molecule has 2 aromatic rings. The largest absolute Gasteiger partial charge is 0.328 e. The van der Waals surface area contributed by atoms with E-state index in [2.05, 4.69) is 31.2 Å². The molecule has 1 saturated heterocycles. The van der Waals surface area contributed by atoms with Crippen molar-refractivity contribution in [3.05, 3.63) is 58.6 Å². The number of rotatable bonds is 2. The second-order valence-electron chi connectivity index (χ2n) is 4.87. The van der Waals surface area contributed by atoms with Gasteiger partial charge in [0.15, 0.2) is 0 Å². The van der Waals surface area contributed by atoms with Crippen molar-refractivity contribution >= 4 is 46.7 Å². The molecular weight excluding hydrogens is 403 g/mol. The van der Waals surface area contributed by atoms with Gasteiger partial charge in [0, 0.05) is 42.7 Å². The number of nitrogens with one attached hydrogen (secondary N) is 1. The number of hydrogen-bond donors (Lipinski definition) is 1. The lowest BCUT2D eigenvalue weighted by molar-refractivity contribution is 0.0628. The van der Waals surface area contributed by atoms with Crippen LogP contribution in [0.1, 0.15) is 22.1 Å². The van der Waals surface area contributed by atoms with Gasteiger partial charge in [-0.25, -0.2) is 4.98 Å². The Labute approximate surface area is 155 Å². The van der Waals surface area contributed by atoms with Gasteiger partial charge >= 0.3 is 0 Å². The van der Waals surface area contributed by atoms with Crippen LogP contribution in [0.5, 0.6) is 0 Å². The minimum Gasteiger partial charge on any atom is -0.328 e. The number of piperazine rings is 1. The Hall–Kier alpha value is -1.21. The SMILES string of the molecule is Cl.Cl.O=C(c1ccc(Br)cn1)N1CCNCC1c1cccnc1. The summed E-state index contributed by atoms with van der Waals surface area (Å²) in [4.78, 5) is 22.9. The van der Waals surface area contributed by atoms with Gasteiger partial charge in [-0.3, -0.25) is 9.78 Å². The Bertz CT molecular complexity index is 627. The number of carbonyl (C=O) groups is 1. The number of amides is 1. The fourth-order valence-corrected chi connectivity index (χ4v) is 2.70. The lowest BCUT2D eigenvalue weighted by Gasteiger charge is -2.36. The van der Waals surface area contributed by atoms with Gasteiger partial charge in [0.25, 0.3) is 5.91 Å². The van der Waals surface area contributed by atoms with Gasteiger partial charge in [0.05, 0.1) is 6.04 Å². The first-order chi connectivity index (χ1) is 10.3. The zero-order chi connectivity index (χ0) is 14.7. The number of hydrogen-bond acceptors (Lipinski definition) is 4. The Kier molecular flexibility index (Phi) is 7.91. The predicted octanol–water partition coefficient (Wildman–Crippen LogP) is 2.87. The molecule has 2 aromatic heterocycles. The van der Waals surface area contributed by atoms with Gasteiger partial charge in [-0.1, -0.05) is 6.07 Å². The molecule has 23 heavy (non-hydrogen) atoms. The fraction of sp³-hybridized carbons (Fsp3) is 0.267. The summed E-state index contributed by atoms with van der Waals surface area (Å²) >= 11 is 3.33. The lowest BCUT2D eigenvalue weighted by atomic mass is 10.0. The lowest BCUT2D eigenvalue weighted by Crippen LogP contribution is -2.48. The summed E-state index contributed by atoms with van der Waals surface area (Å²) in [6, 6.07) is 7.46. The molecule has 1 aliphatic heterocycles. The third kappa shape index (κ3) is 4.64. The molecule has 0 radical (unpaired) electrons. The van der Waals surface area contributed by atoms with Crippen LogP contribution in [-0.4, -0.2) is 40.4 Å². The smallest absolute Gasteiger partial charge is 0.273 e. The molecule has 1 unspecified atom stereocenters. The maximum absolute atomic E-state index is 12.7. The maximum atomic E-state index is 12.7. The van der Waals surface area contributed by atoms with E-state index in [1.54, 1.807) is 18.5 Å². The van der Waals surface area contributed by atoms with Crippen molar-refractivity contribution in [3.8, 4) is 0 Å². The van der Waals surface area contributed by atoms with Crippen molar-refractivity contribution in [1.29, 1.82) is 0 Å². The molecule has 0 aliphatic carbocycles. The molecule has 1 N–H and O–H groups in total. The molecule has 3 rings (SSSR count). The predicted molar refractivity (Wildman–Crippen MR) is 97.3 cm³/mol. The average Bonchev–Trinajstić information content (AvgIpc) is 2.56. The highest BCUT2D eigenvalue weighted by Crippen LogP contribution is 2.23. The quantitative estimate of drug-likeness (QED) is 0.812. The number of pyridine rings is 2. The van der Waals surface area contributed by atoms with Crippen molar-refractivity contribution in [3.63, 3.8) is 0 Å². The van der Waals surface area contributed by atoms with E-state index in [9.17, 15) is 4.79 Å². The Morgan fingerprint density at radius 3 is 2.74 bits per heavy atom. The topological polar surface area (TPSA) is 58.1 Å². The van der Waals surface area contributed by atoms with Crippen LogP contribution in [0.3, 0.4) is 0 Å². The zero-order valence-corrected chi connectivity index (χ0v) is 15.4. The summed E-state index contributed by atoms with van der Waals surface area (Å²) in [5.41, 5.74) is 1.50. The number of nitrogens with zero attached hydrogens (tertiary/aromatic N) is 3. The molecule has 0 saturated carbocycles. The minimum atomic E-state index is -0.0437. The standard InChI is InChI=1S/C15H15BrN4O.2ClH/c16-12-3-4-13(19-9-12)15(21)20-7-6-18-10-14(20)11-2-1-5-17-8-11;;/h1-5,8-9,14,18H,6-7,10H2;2*1H. The van der Waals surface area contributed by atoms with E-state index in [0.29, 0.717) is 12.2 Å². The molecule has 1 aliphatic rings. The van der Waals surface area contributed by atoms with Gasteiger partial charge in [-0.05, 0) is 39.7 Å². The molecule has 1 fully saturated rings. The average molecular weight is 420 g/mol. The van der Waals surface area contributed by atoms with E-state index < -0.39 is 0 Å². The van der Waals surface area contributed by atoms with Crippen LogP contribution < -0.4 is 5.32 Å². The molecule has 8 heteroatoms. The minimum absolute atomic E-state index is 0. The summed E-state index contributed by atoms with van der Waals surface area (Å²) in [5.74, 6) is -0.0437. The van der Waals surface area contributed by atoms with Gasteiger partial charge in [-0.15, -0.1) is 24.8 Å². The number of halogens is 3. The van der Waals surface area contributed by atoms with E-state index in [0.717, 1.165) is 23.1 Å². The molecule has 0 spiro atoms. The number of aromatic nitrogens is 2. The van der Waals surface area contributed by atoms with Crippen molar-refractivity contribution in [2.24, 2.45) is 0 Å². The molecule has 3 heterocycles. The molecule has 124 valence electrons. The Morgan fingerprint density at radius 1 is 1.26 bits per heavy atom. The van der Waals surface area contributed by atoms with Crippen LogP contribution in [0.25, 0.3) is 0 Å². The molecule has 1 atom stereocenters. The summed E-state index contributed by atoms with van der Waals surface area (Å²) in [6.07, 6.45) is 5.20. The normalized spacial score (nSPS) is 16.9. The zero-order valence-electron chi connectivity index (χ0n) is 12.2. The van der Waals surface area contributed by atoms with Crippen molar-refractivity contribution in [2.75, 3.05) is 19.6 Å². The highest BCUT2D eigenvalue weighted by molar-refractivity contribution is 9.10. The summed E-state index contributed by atoms with van der Waals surface area (Å²) in [7, 11) is 0. The van der Waals surface area contributed by atoms with Gasteiger partial charge in [0.2, 0.25) is 0 Å². The monoisotopic (exact) mass is 418 g/mol. The molecule has 0 bridgehead atoms. The van der Waals surface area contributed by atoms with Crippen LogP contribution in [-0.2, 0) is 0 Å².